The van der Waals surface area contributed by atoms with Crippen LogP contribution in [0.4, 0.5) is 0 Å². The Morgan fingerprint density at radius 1 is 1.00 bits per heavy atom. The van der Waals surface area contributed by atoms with Crippen molar-refractivity contribution in [3.63, 3.8) is 0 Å². The average Bonchev–Trinajstić information content (AvgIpc) is 2.95. The summed E-state index contributed by atoms with van der Waals surface area (Å²) >= 11 is 0. The molecule has 0 N–H and O–H groups in total. The first kappa shape index (κ1) is 17.6. The molecule has 0 bridgehead atoms. The summed E-state index contributed by atoms with van der Waals surface area (Å²) in [7, 11) is 1.40. The van der Waals surface area contributed by atoms with Crippen molar-refractivity contribution in [2.75, 3.05) is 0 Å². The van der Waals surface area contributed by atoms with Crippen LogP contribution in [0.5, 0.6) is 0 Å². The Balaban J connectivity index is 0.000000219. The van der Waals surface area contributed by atoms with Gasteiger partial charge in [0.1, 0.15) is 0 Å². The maximum atomic E-state index is 10.9. The van der Waals surface area contributed by atoms with Crippen LogP contribution in [-0.2, 0) is 9.05 Å². The molecule has 0 aliphatic carbocycles. The lowest BCUT2D eigenvalue weighted by Gasteiger charge is -2.05. The summed E-state index contributed by atoms with van der Waals surface area (Å²) in [5.41, 5.74) is 1.12. The molecule has 0 spiro atoms. The van der Waals surface area contributed by atoms with Gasteiger partial charge in [-0.05, 0) is 34.6 Å². The second kappa shape index (κ2) is 6.99. The van der Waals surface area contributed by atoms with E-state index < -0.39 is 9.05 Å². The number of aryl methyl sites for hydroxylation is 1. The van der Waals surface area contributed by atoms with Crippen molar-refractivity contribution >= 4 is 19.7 Å². The van der Waals surface area contributed by atoms with Crippen molar-refractivity contribution in [1.82, 2.24) is 30.0 Å². The smallest absolute Gasteiger partial charge is 0.247 e. The predicted molar refractivity (Wildman–Crippen MR) is 78.6 cm³/mol. The Morgan fingerprint density at radius 3 is 1.76 bits per heavy atom. The number of nitrogens with zero attached hydrogens (tertiary/aromatic N) is 6. The highest BCUT2D eigenvalue weighted by atomic mass is 35.7. The summed E-state index contributed by atoms with van der Waals surface area (Å²) < 4.78 is 24.9. The zero-order valence-corrected chi connectivity index (χ0v) is 14.2. The van der Waals surface area contributed by atoms with Crippen LogP contribution in [-0.4, -0.2) is 38.4 Å². The first-order valence-corrected chi connectivity index (χ1v) is 8.67. The third-order valence-electron chi connectivity index (χ3n) is 2.52. The highest BCUT2D eigenvalue weighted by Crippen LogP contribution is 2.16. The largest absolute Gasteiger partial charge is 0.279 e. The lowest BCUT2D eigenvalue weighted by molar-refractivity contribution is 0.470. The van der Waals surface area contributed by atoms with Crippen molar-refractivity contribution in [3.8, 4) is 0 Å². The van der Waals surface area contributed by atoms with Crippen LogP contribution in [0, 0.1) is 6.92 Å². The Bertz CT molecular complexity index is 676. The average molecular weight is 335 g/mol. The van der Waals surface area contributed by atoms with E-state index in [2.05, 4.69) is 34.5 Å². The zero-order valence-electron chi connectivity index (χ0n) is 12.6. The van der Waals surface area contributed by atoms with Crippen molar-refractivity contribution in [1.29, 1.82) is 0 Å². The van der Waals surface area contributed by atoms with Gasteiger partial charge in [-0.1, -0.05) is 10.4 Å². The molecule has 2 aromatic heterocycles. The van der Waals surface area contributed by atoms with E-state index in [1.165, 1.54) is 4.68 Å². The van der Waals surface area contributed by atoms with E-state index in [0.29, 0.717) is 6.04 Å². The van der Waals surface area contributed by atoms with E-state index in [-0.39, 0.29) is 11.1 Å². The standard InChI is InChI=1S/C6H11N3.C5H8ClN3O2S/c1-5(2)9-6(3)4-7-8-9;1-4(2)9-5(3-7-8-9)12(6,10)11/h4-5H,1-3H3;3-4H,1-2H3. The van der Waals surface area contributed by atoms with Gasteiger partial charge in [0.15, 0.2) is 5.03 Å². The lowest BCUT2D eigenvalue weighted by Crippen LogP contribution is -2.09. The highest BCUT2D eigenvalue weighted by molar-refractivity contribution is 8.13. The van der Waals surface area contributed by atoms with Gasteiger partial charge in [0, 0.05) is 22.8 Å². The molecule has 8 nitrogen and oxygen atoms in total. The molecule has 0 aliphatic heterocycles. The normalized spacial score (nSPS) is 11.6. The molecular weight excluding hydrogens is 316 g/mol. The second-order valence-electron chi connectivity index (χ2n) is 4.96. The van der Waals surface area contributed by atoms with Crippen LogP contribution in [0.1, 0.15) is 45.5 Å². The maximum absolute atomic E-state index is 10.9. The van der Waals surface area contributed by atoms with E-state index in [0.717, 1.165) is 11.9 Å². The van der Waals surface area contributed by atoms with Gasteiger partial charge >= 0.3 is 0 Å². The van der Waals surface area contributed by atoms with Crippen LogP contribution < -0.4 is 0 Å². The predicted octanol–water partition coefficient (Wildman–Crippen LogP) is 1.95. The third-order valence-corrected chi connectivity index (χ3v) is 3.79. The summed E-state index contributed by atoms with van der Waals surface area (Å²) in [4.78, 5) is 0. The van der Waals surface area contributed by atoms with Gasteiger partial charge in [0.05, 0.1) is 18.1 Å². The Labute approximate surface area is 128 Å². The quantitative estimate of drug-likeness (QED) is 0.796. The third kappa shape index (κ3) is 4.78. The molecule has 118 valence electrons. The van der Waals surface area contributed by atoms with Crippen LogP contribution in [0.15, 0.2) is 17.4 Å². The van der Waals surface area contributed by atoms with Crippen molar-refractivity contribution in [2.45, 2.75) is 51.7 Å². The van der Waals surface area contributed by atoms with E-state index in [4.69, 9.17) is 10.7 Å². The molecule has 0 aromatic carbocycles. The molecule has 0 amide bonds. The molecule has 21 heavy (non-hydrogen) atoms. The van der Waals surface area contributed by atoms with E-state index in [9.17, 15) is 8.42 Å². The first-order valence-electron chi connectivity index (χ1n) is 6.36. The maximum Gasteiger partial charge on any atom is 0.279 e. The molecule has 2 heterocycles. The fourth-order valence-corrected chi connectivity index (χ4v) is 2.55. The molecule has 0 unspecified atom stereocenters. The van der Waals surface area contributed by atoms with E-state index in [1.807, 2.05) is 11.6 Å². The summed E-state index contributed by atoms with van der Waals surface area (Å²) in [5, 5.41) is 14.6. The van der Waals surface area contributed by atoms with Crippen LogP contribution in [0.25, 0.3) is 0 Å². The molecule has 0 radical (unpaired) electrons. The topological polar surface area (TPSA) is 95.6 Å². The molecule has 2 rings (SSSR count). The zero-order chi connectivity index (χ0) is 16.2. The minimum absolute atomic E-state index is 0.0702. The van der Waals surface area contributed by atoms with Crippen LogP contribution in [0.2, 0.25) is 0 Å². The van der Waals surface area contributed by atoms with E-state index >= 15 is 0 Å². The summed E-state index contributed by atoms with van der Waals surface area (Å²) in [6.45, 7) is 9.75. The highest BCUT2D eigenvalue weighted by Gasteiger charge is 2.18. The molecule has 0 fully saturated rings. The van der Waals surface area contributed by atoms with E-state index in [1.54, 1.807) is 20.0 Å². The first-order chi connectivity index (χ1) is 9.64. The second-order valence-corrected chi connectivity index (χ2v) is 7.47. The van der Waals surface area contributed by atoms with Gasteiger partial charge < -0.3 is 0 Å². The number of rotatable bonds is 3. The monoisotopic (exact) mass is 334 g/mol. The molecular formula is C11H19ClN6O2S. The Morgan fingerprint density at radius 2 is 1.48 bits per heavy atom. The molecule has 0 aliphatic rings. The van der Waals surface area contributed by atoms with Gasteiger partial charge in [-0.15, -0.1) is 10.2 Å². The number of hydrogen-bond acceptors (Lipinski definition) is 6. The SMILES string of the molecule is CC(C)n1nncc1S(=O)(=O)Cl.Cc1cnnn1C(C)C. The number of hydrogen-bond donors (Lipinski definition) is 0. The number of halogens is 1. The number of aromatic nitrogens is 6. The van der Waals surface area contributed by atoms with Gasteiger partial charge in [-0.3, -0.25) is 0 Å². The van der Waals surface area contributed by atoms with Crippen molar-refractivity contribution in [2.24, 2.45) is 0 Å². The van der Waals surface area contributed by atoms with Gasteiger partial charge in [-0.2, -0.15) is 0 Å². The van der Waals surface area contributed by atoms with Gasteiger partial charge in [0.2, 0.25) is 0 Å². The molecule has 0 saturated heterocycles. The Kier molecular flexibility index (Phi) is 5.85. The van der Waals surface area contributed by atoms with Crippen LogP contribution >= 0.6 is 10.7 Å². The summed E-state index contributed by atoms with van der Waals surface area (Å²) in [6.07, 6.45) is 2.89. The molecule has 2 aromatic rings. The fourth-order valence-electron chi connectivity index (χ4n) is 1.57. The van der Waals surface area contributed by atoms with Crippen molar-refractivity contribution in [3.05, 3.63) is 18.1 Å². The van der Waals surface area contributed by atoms with Crippen LogP contribution in [0.3, 0.4) is 0 Å². The van der Waals surface area contributed by atoms with Gasteiger partial charge in [-0.25, -0.2) is 17.8 Å². The minimum Gasteiger partial charge on any atom is -0.247 e. The molecule has 0 atom stereocenters. The Hall–Kier alpha value is -1.48. The summed E-state index contributed by atoms with van der Waals surface area (Å²) in [5.74, 6) is 0. The fraction of sp³-hybridized carbons (Fsp3) is 0.636. The summed E-state index contributed by atoms with van der Waals surface area (Å²) in [6, 6.07) is 0.350. The lowest BCUT2D eigenvalue weighted by atomic mass is 10.4. The minimum atomic E-state index is -3.72. The molecule has 10 heteroatoms. The molecule has 0 saturated carbocycles. The van der Waals surface area contributed by atoms with Crippen molar-refractivity contribution < 1.29 is 8.42 Å². The van der Waals surface area contributed by atoms with Gasteiger partial charge in [0.25, 0.3) is 9.05 Å².